The number of hydrogen-bond donors (Lipinski definition) is 1. The van der Waals surface area contributed by atoms with E-state index in [4.69, 9.17) is 0 Å². The van der Waals surface area contributed by atoms with Crippen LogP contribution in [0.5, 0.6) is 0 Å². The van der Waals surface area contributed by atoms with Crippen LogP contribution in [0.4, 0.5) is 4.39 Å². The summed E-state index contributed by atoms with van der Waals surface area (Å²) in [6.07, 6.45) is 3.41. The molecule has 0 bridgehead atoms. The number of para-hydroxylation sites is 1. The van der Waals surface area contributed by atoms with Crippen molar-refractivity contribution >= 4 is 28.5 Å². The van der Waals surface area contributed by atoms with Gasteiger partial charge in [0.25, 0.3) is 11.7 Å². The van der Waals surface area contributed by atoms with Gasteiger partial charge in [0.15, 0.2) is 0 Å². The number of likely N-dealkylation sites (tertiary alicyclic amines) is 1. The fraction of sp³-hybridized carbons (Fsp3) is 0.261. The Labute approximate surface area is 173 Å². The molecule has 1 aromatic heterocycles. The Morgan fingerprint density at radius 1 is 0.967 bits per heavy atom. The Bertz CT molecular complexity index is 1100. The first-order chi connectivity index (χ1) is 14.5. The third kappa shape index (κ3) is 4.10. The summed E-state index contributed by atoms with van der Waals surface area (Å²) in [4.78, 5) is 39.5. The molecular weight excluding hydrogens is 385 g/mol. The first-order valence-corrected chi connectivity index (χ1v) is 9.95. The number of fused-ring (bicyclic) bond motifs is 1. The molecule has 0 radical (unpaired) electrons. The number of carbonyl (C=O) groups excluding carboxylic acids is 3. The normalized spacial score (nSPS) is 13.6. The first-order valence-electron chi connectivity index (χ1n) is 9.95. The number of amides is 2. The molecule has 2 heterocycles. The average Bonchev–Trinajstić information content (AvgIpc) is 3.41. The number of rotatable bonds is 6. The van der Waals surface area contributed by atoms with Crippen LogP contribution in [0.2, 0.25) is 0 Å². The van der Waals surface area contributed by atoms with E-state index in [1.807, 2.05) is 12.1 Å². The lowest BCUT2D eigenvalue weighted by molar-refractivity contribution is -0.125. The maximum absolute atomic E-state index is 13.0. The van der Waals surface area contributed by atoms with Gasteiger partial charge in [-0.1, -0.05) is 30.3 Å². The fourth-order valence-corrected chi connectivity index (χ4v) is 3.75. The molecule has 1 fully saturated rings. The number of nitrogens with zero attached hydrogens (tertiary/aromatic N) is 2. The van der Waals surface area contributed by atoms with Gasteiger partial charge in [0.05, 0.1) is 5.56 Å². The lowest BCUT2D eigenvalue weighted by Crippen LogP contribution is -2.34. The maximum Gasteiger partial charge on any atom is 0.295 e. The van der Waals surface area contributed by atoms with Crippen LogP contribution in [0.25, 0.3) is 10.9 Å². The van der Waals surface area contributed by atoms with Crippen molar-refractivity contribution in [3.05, 3.63) is 71.7 Å². The second-order valence-electron chi connectivity index (χ2n) is 7.42. The zero-order chi connectivity index (χ0) is 21.1. The topological polar surface area (TPSA) is 71.4 Å². The highest BCUT2D eigenvalue weighted by Gasteiger charge is 2.28. The van der Waals surface area contributed by atoms with Crippen molar-refractivity contribution in [3.63, 3.8) is 0 Å². The third-order valence-corrected chi connectivity index (χ3v) is 5.34. The minimum Gasteiger partial charge on any atom is -0.350 e. The monoisotopic (exact) mass is 407 g/mol. The second-order valence-corrected chi connectivity index (χ2v) is 7.42. The molecule has 1 saturated heterocycles. The number of halogens is 1. The van der Waals surface area contributed by atoms with E-state index < -0.39 is 11.7 Å². The molecule has 0 spiro atoms. The summed E-state index contributed by atoms with van der Waals surface area (Å²) in [5, 5.41) is 3.45. The van der Waals surface area contributed by atoms with Gasteiger partial charge in [-0.3, -0.25) is 14.4 Å². The van der Waals surface area contributed by atoms with Crippen LogP contribution in [-0.2, 0) is 22.7 Å². The summed E-state index contributed by atoms with van der Waals surface area (Å²) in [5.74, 6) is -1.61. The van der Waals surface area contributed by atoms with Crippen LogP contribution < -0.4 is 5.32 Å². The molecule has 0 atom stereocenters. The molecule has 30 heavy (non-hydrogen) atoms. The molecule has 2 aromatic carbocycles. The number of benzene rings is 2. The number of ketones is 1. The van der Waals surface area contributed by atoms with E-state index in [0.29, 0.717) is 29.6 Å². The van der Waals surface area contributed by atoms with Crippen molar-refractivity contribution in [2.75, 3.05) is 13.1 Å². The third-order valence-electron chi connectivity index (χ3n) is 5.34. The van der Waals surface area contributed by atoms with E-state index in [2.05, 4.69) is 5.32 Å². The Balaban J connectivity index is 1.51. The SMILES string of the molecule is O=C(Cn1cc(C(=O)C(=O)N2CCCC2)c2ccccc21)NCc1ccc(F)cc1. The zero-order valence-corrected chi connectivity index (χ0v) is 16.4. The summed E-state index contributed by atoms with van der Waals surface area (Å²) in [5.41, 5.74) is 1.81. The van der Waals surface area contributed by atoms with E-state index >= 15 is 0 Å². The number of carbonyl (C=O) groups is 3. The maximum atomic E-state index is 13.0. The van der Waals surface area contributed by atoms with E-state index in [1.165, 1.54) is 12.1 Å². The molecule has 1 N–H and O–H groups in total. The van der Waals surface area contributed by atoms with E-state index in [0.717, 1.165) is 18.4 Å². The molecule has 1 aliphatic heterocycles. The standard InChI is InChI=1S/C23H22FN3O3/c24-17-9-7-16(8-10-17)13-25-21(28)15-27-14-19(18-5-1-2-6-20(18)27)22(29)23(30)26-11-3-4-12-26/h1-2,5-10,14H,3-4,11-13,15H2,(H,25,28). The zero-order valence-electron chi connectivity index (χ0n) is 16.4. The van der Waals surface area contributed by atoms with Gasteiger partial charge >= 0.3 is 0 Å². The fourth-order valence-electron chi connectivity index (χ4n) is 3.75. The molecule has 2 amide bonds. The number of aromatic nitrogens is 1. The molecule has 4 rings (SSSR count). The van der Waals surface area contributed by atoms with Gasteiger partial charge in [-0.05, 0) is 36.6 Å². The van der Waals surface area contributed by atoms with Gasteiger partial charge in [0, 0.05) is 36.7 Å². The number of Topliss-reactive ketones (excluding diaryl/α,β-unsaturated/α-hetero) is 1. The molecule has 0 unspecified atom stereocenters. The number of nitrogens with one attached hydrogen (secondary N) is 1. The van der Waals surface area contributed by atoms with Crippen molar-refractivity contribution in [2.45, 2.75) is 25.9 Å². The first kappa shape index (κ1) is 19.8. The molecule has 0 saturated carbocycles. The predicted molar refractivity (Wildman–Crippen MR) is 110 cm³/mol. The van der Waals surface area contributed by atoms with Crippen molar-refractivity contribution in [2.24, 2.45) is 0 Å². The van der Waals surface area contributed by atoms with Crippen LogP contribution >= 0.6 is 0 Å². The Morgan fingerprint density at radius 2 is 1.67 bits per heavy atom. The summed E-state index contributed by atoms with van der Waals surface area (Å²) < 4.78 is 14.7. The van der Waals surface area contributed by atoms with E-state index in [9.17, 15) is 18.8 Å². The molecule has 1 aliphatic rings. The Hall–Kier alpha value is -3.48. The minimum atomic E-state index is -0.543. The van der Waals surface area contributed by atoms with E-state index in [-0.39, 0.29) is 24.8 Å². The summed E-state index contributed by atoms with van der Waals surface area (Å²) in [6.45, 7) is 1.49. The van der Waals surface area contributed by atoms with Gasteiger partial charge in [-0.2, -0.15) is 0 Å². The molecule has 6 nitrogen and oxygen atoms in total. The largest absolute Gasteiger partial charge is 0.350 e. The van der Waals surface area contributed by atoms with Crippen molar-refractivity contribution < 1.29 is 18.8 Å². The van der Waals surface area contributed by atoms with Crippen molar-refractivity contribution in [3.8, 4) is 0 Å². The quantitative estimate of drug-likeness (QED) is 0.505. The highest BCUT2D eigenvalue weighted by Crippen LogP contribution is 2.23. The molecule has 3 aromatic rings. The van der Waals surface area contributed by atoms with Gasteiger partial charge < -0.3 is 14.8 Å². The van der Waals surface area contributed by atoms with Crippen LogP contribution in [0, 0.1) is 5.82 Å². The second kappa shape index (κ2) is 8.49. The van der Waals surface area contributed by atoms with Crippen LogP contribution in [0.15, 0.2) is 54.7 Å². The predicted octanol–water partition coefficient (Wildman–Crippen LogP) is 2.90. The smallest absolute Gasteiger partial charge is 0.295 e. The number of hydrogen-bond acceptors (Lipinski definition) is 3. The van der Waals surface area contributed by atoms with Crippen LogP contribution in [0.1, 0.15) is 28.8 Å². The summed E-state index contributed by atoms with van der Waals surface area (Å²) in [7, 11) is 0. The highest BCUT2D eigenvalue weighted by atomic mass is 19.1. The lowest BCUT2D eigenvalue weighted by atomic mass is 10.1. The lowest BCUT2D eigenvalue weighted by Gasteiger charge is -2.13. The summed E-state index contributed by atoms with van der Waals surface area (Å²) in [6, 6.07) is 13.1. The molecule has 0 aliphatic carbocycles. The van der Waals surface area contributed by atoms with Gasteiger partial charge in [0.1, 0.15) is 12.4 Å². The van der Waals surface area contributed by atoms with Crippen molar-refractivity contribution in [1.82, 2.24) is 14.8 Å². The summed E-state index contributed by atoms with van der Waals surface area (Å²) >= 11 is 0. The van der Waals surface area contributed by atoms with E-state index in [1.54, 1.807) is 39.9 Å². The average molecular weight is 407 g/mol. The van der Waals surface area contributed by atoms with Gasteiger partial charge in [-0.15, -0.1) is 0 Å². The Kier molecular flexibility index (Phi) is 5.61. The molecule has 7 heteroatoms. The highest BCUT2D eigenvalue weighted by molar-refractivity contribution is 6.44. The Morgan fingerprint density at radius 3 is 2.40 bits per heavy atom. The van der Waals surface area contributed by atoms with Gasteiger partial charge in [0.2, 0.25) is 5.91 Å². The minimum absolute atomic E-state index is 0.00684. The van der Waals surface area contributed by atoms with Crippen LogP contribution in [0.3, 0.4) is 0 Å². The van der Waals surface area contributed by atoms with Gasteiger partial charge in [-0.25, -0.2) is 4.39 Å². The van der Waals surface area contributed by atoms with Crippen LogP contribution in [-0.4, -0.2) is 40.2 Å². The van der Waals surface area contributed by atoms with Crippen molar-refractivity contribution in [1.29, 1.82) is 0 Å². The molecular formula is C23H22FN3O3. The molecule has 154 valence electrons.